The third-order valence-electron chi connectivity index (χ3n) is 3.89. The Morgan fingerprint density at radius 2 is 1.59 bits per heavy atom. The van der Waals surface area contributed by atoms with Gasteiger partial charge in [0.05, 0.1) is 0 Å². The molecule has 0 radical (unpaired) electrons. The summed E-state index contributed by atoms with van der Waals surface area (Å²) in [6.45, 7) is 13.8. The topological polar surface area (TPSA) is 3.24 Å². The molecule has 1 heterocycles. The highest BCUT2D eigenvalue weighted by atomic mass is 79.9. The zero-order chi connectivity index (χ0) is 12.8. The number of aryl methyl sites for hydroxylation is 2. The molecule has 17 heavy (non-hydrogen) atoms. The Labute approximate surface area is 113 Å². The number of anilines is 1. The highest BCUT2D eigenvalue weighted by Gasteiger charge is 2.35. The van der Waals surface area contributed by atoms with E-state index in [9.17, 15) is 0 Å². The van der Waals surface area contributed by atoms with E-state index in [4.69, 9.17) is 0 Å². The summed E-state index contributed by atoms with van der Waals surface area (Å²) in [5, 5.41) is 0. The number of nitrogens with zero attached hydrogens (tertiary/aromatic N) is 1. The van der Waals surface area contributed by atoms with Crippen LogP contribution in [0.25, 0.3) is 0 Å². The molecule has 0 saturated carbocycles. The molecule has 0 spiro atoms. The van der Waals surface area contributed by atoms with Crippen LogP contribution in [0.1, 0.15) is 31.9 Å². The molecule has 1 fully saturated rings. The first-order chi connectivity index (χ1) is 7.79. The van der Waals surface area contributed by atoms with E-state index in [2.05, 4.69) is 67.6 Å². The van der Waals surface area contributed by atoms with Crippen LogP contribution in [0.5, 0.6) is 0 Å². The fourth-order valence-corrected chi connectivity index (χ4v) is 2.57. The summed E-state index contributed by atoms with van der Waals surface area (Å²) < 4.78 is 1.24. The maximum absolute atomic E-state index is 3.63. The van der Waals surface area contributed by atoms with Crippen molar-refractivity contribution >= 4 is 21.6 Å². The van der Waals surface area contributed by atoms with Gasteiger partial charge in [0, 0.05) is 23.2 Å². The van der Waals surface area contributed by atoms with Gasteiger partial charge in [0.2, 0.25) is 0 Å². The van der Waals surface area contributed by atoms with Crippen LogP contribution in [-0.4, -0.2) is 13.1 Å². The van der Waals surface area contributed by atoms with E-state index >= 15 is 0 Å². The molecule has 2 heteroatoms. The van der Waals surface area contributed by atoms with Crippen LogP contribution in [0.3, 0.4) is 0 Å². The number of rotatable bonds is 1. The van der Waals surface area contributed by atoms with Crippen LogP contribution in [0.15, 0.2) is 16.6 Å². The average Bonchev–Trinajstić information content (AvgIpc) is 2.09. The average molecular weight is 296 g/mol. The minimum atomic E-state index is 0.440. The third kappa shape index (κ3) is 2.52. The van der Waals surface area contributed by atoms with Crippen molar-refractivity contribution in [2.24, 2.45) is 11.3 Å². The first kappa shape index (κ1) is 12.9. The predicted octanol–water partition coefficient (Wildman–Crippen LogP) is 4.55. The van der Waals surface area contributed by atoms with Crippen molar-refractivity contribution in [3.05, 3.63) is 27.7 Å². The molecule has 1 saturated heterocycles. The van der Waals surface area contributed by atoms with E-state index in [1.165, 1.54) is 34.4 Å². The van der Waals surface area contributed by atoms with Crippen molar-refractivity contribution in [1.29, 1.82) is 0 Å². The molecular formula is C15H22BrN. The van der Waals surface area contributed by atoms with Gasteiger partial charge in [-0.2, -0.15) is 0 Å². The molecule has 1 aromatic carbocycles. The van der Waals surface area contributed by atoms with Gasteiger partial charge in [-0.15, -0.1) is 0 Å². The molecule has 0 atom stereocenters. The molecule has 1 aliphatic rings. The lowest BCUT2D eigenvalue weighted by atomic mass is 9.76. The van der Waals surface area contributed by atoms with Crippen LogP contribution in [0.2, 0.25) is 0 Å². The SMILES string of the molecule is Cc1cc(N2CC(C(C)(C)C)C2)cc(C)c1Br. The fourth-order valence-electron chi connectivity index (χ4n) is 2.34. The maximum Gasteiger partial charge on any atom is 0.0372 e. The molecule has 0 amide bonds. The highest BCUT2D eigenvalue weighted by Crippen LogP contribution is 2.37. The van der Waals surface area contributed by atoms with Gasteiger partial charge in [0.15, 0.2) is 0 Å². The number of hydrogen-bond donors (Lipinski definition) is 0. The van der Waals surface area contributed by atoms with E-state index < -0.39 is 0 Å². The summed E-state index contributed by atoms with van der Waals surface area (Å²) in [7, 11) is 0. The molecular weight excluding hydrogens is 274 g/mol. The quantitative estimate of drug-likeness (QED) is 0.735. The maximum atomic E-state index is 3.63. The third-order valence-corrected chi connectivity index (χ3v) is 5.14. The van der Waals surface area contributed by atoms with Crippen LogP contribution in [0.4, 0.5) is 5.69 Å². The summed E-state index contributed by atoms with van der Waals surface area (Å²) in [5.41, 5.74) is 4.48. The van der Waals surface area contributed by atoms with Gasteiger partial charge in [-0.05, 0) is 48.4 Å². The second kappa shape index (κ2) is 4.31. The van der Waals surface area contributed by atoms with Gasteiger partial charge in [0.1, 0.15) is 0 Å². The van der Waals surface area contributed by atoms with Crippen molar-refractivity contribution in [3.63, 3.8) is 0 Å². The largest absolute Gasteiger partial charge is 0.371 e. The monoisotopic (exact) mass is 295 g/mol. The van der Waals surface area contributed by atoms with Crippen molar-refractivity contribution in [2.75, 3.05) is 18.0 Å². The summed E-state index contributed by atoms with van der Waals surface area (Å²) in [4.78, 5) is 2.49. The summed E-state index contributed by atoms with van der Waals surface area (Å²) >= 11 is 3.63. The number of hydrogen-bond acceptors (Lipinski definition) is 1. The van der Waals surface area contributed by atoms with Gasteiger partial charge in [0.25, 0.3) is 0 Å². The molecule has 0 aliphatic carbocycles. The number of halogens is 1. The molecule has 1 aromatic rings. The van der Waals surface area contributed by atoms with Crippen LogP contribution < -0.4 is 4.90 Å². The fraction of sp³-hybridized carbons (Fsp3) is 0.600. The van der Waals surface area contributed by atoms with Crippen LogP contribution in [0, 0.1) is 25.2 Å². The van der Waals surface area contributed by atoms with Crippen LogP contribution in [-0.2, 0) is 0 Å². The normalized spacial score (nSPS) is 17.2. The van der Waals surface area contributed by atoms with Crippen molar-refractivity contribution < 1.29 is 0 Å². The lowest BCUT2D eigenvalue weighted by Crippen LogP contribution is -2.52. The molecule has 1 aliphatic heterocycles. The van der Waals surface area contributed by atoms with E-state index in [0.29, 0.717) is 5.41 Å². The zero-order valence-corrected chi connectivity index (χ0v) is 13.1. The molecule has 0 bridgehead atoms. The molecule has 0 aromatic heterocycles. The Hall–Kier alpha value is -0.500. The standard InChI is InChI=1S/C15H22BrN/c1-10-6-13(7-11(2)14(10)16)17-8-12(9-17)15(3,4)5/h6-7,12H,8-9H2,1-5H3. The number of benzene rings is 1. The minimum absolute atomic E-state index is 0.440. The Morgan fingerprint density at radius 1 is 1.12 bits per heavy atom. The van der Waals surface area contributed by atoms with E-state index in [-0.39, 0.29) is 0 Å². The smallest absolute Gasteiger partial charge is 0.0372 e. The Balaban J connectivity index is 2.12. The molecule has 0 N–H and O–H groups in total. The summed E-state index contributed by atoms with van der Waals surface area (Å²) in [5.74, 6) is 0.826. The molecule has 0 unspecified atom stereocenters. The van der Waals surface area contributed by atoms with Gasteiger partial charge in [-0.1, -0.05) is 36.7 Å². The second-order valence-electron chi connectivity index (χ2n) is 6.36. The Morgan fingerprint density at radius 3 is 2.00 bits per heavy atom. The van der Waals surface area contributed by atoms with E-state index in [1.54, 1.807) is 0 Å². The lowest BCUT2D eigenvalue weighted by Gasteiger charge is -2.47. The van der Waals surface area contributed by atoms with Crippen molar-refractivity contribution in [2.45, 2.75) is 34.6 Å². The van der Waals surface area contributed by atoms with Gasteiger partial charge < -0.3 is 4.90 Å². The van der Waals surface area contributed by atoms with E-state index in [0.717, 1.165) is 5.92 Å². The van der Waals surface area contributed by atoms with Gasteiger partial charge in [-0.3, -0.25) is 0 Å². The highest BCUT2D eigenvalue weighted by molar-refractivity contribution is 9.10. The molecule has 1 nitrogen and oxygen atoms in total. The Kier molecular flexibility index (Phi) is 3.28. The summed E-state index contributed by atoms with van der Waals surface area (Å²) in [6, 6.07) is 4.58. The summed E-state index contributed by atoms with van der Waals surface area (Å²) in [6.07, 6.45) is 0. The molecule has 2 rings (SSSR count). The first-order valence-electron chi connectivity index (χ1n) is 6.30. The molecule has 94 valence electrons. The first-order valence-corrected chi connectivity index (χ1v) is 7.10. The van der Waals surface area contributed by atoms with Crippen molar-refractivity contribution in [3.8, 4) is 0 Å². The lowest BCUT2D eigenvalue weighted by molar-refractivity contribution is 0.195. The van der Waals surface area contributed by atoms with Gasteiger partial charge in [-0.25, -0.2) is 0 Å². The van der Waals surface area contributed by atoms with Crippen molar-refractivity contribution in [1.82, 2.24) is 0 Å². The Bertz CT molecular complexity index is 402. The van der Waals surface area contributed by atoms with Gasteiger partial charge >= 0.3 is 0 Å². The minimum Gasteiger partial charge on any atom is -0.371 e. The zero-order valence-electron chi connectivity index (χ0n) is 11.5. The second-order valence-corrected chi connectivity index (χ2v) is 7.15. The van der Waals surface area contributed by atoms with Crippen LogP contribution >= 0.6 is 15.9 Å². The van der Waals surface area contributed by atoms with E-state index in [1.807, 2.05) is 0 Å². The predicted molar refractivity (Wildman–Crippen MR) is 78.8 cm³/mol.